The number of thiocarbonyl (C=S) groups is 1. The highest BCUT2D eigenvalue weighted by atomic mass is 32.1. The SMILES string of the molecule is CCCCCCCCCC(CC(=S)OCCC)[Si](OCC)(OCC)OCC. The number of ether oxygens (including phenoxy) is 1. The topological polar surface area (TPSA) is 36.9 Å². The zero-order valence-electron chi connectivity index (χ0n) is 18.5. The zero-order chi connectivity index (χ0) is 20.4. The third-order valence-electron chi connectivity index (χ3n) is 4.57. The molecule has 0 rings (SSSR count). The summed E-state index contributed by atoms with van der Waals surface area (Å²) in [5.74, 6) is 0. The number of hydrogen-bond donors (Lipinski definition) is 0. The van der Waals surface area contributed by atoms with Crippen LogP contribution in [0, 0.1) is 0 Å². The molecule has 27 heavy (non-hydrogen) atoms. The zero-order valence-corrected chi connectivity index (χ0v) is 20.3. The normalized spacial score (nSPS) is 12.9. The first kappa shape index (κ1) is 27.0. The lowest BCUT2D eigenvalue weighted by atomic mass is 10.1. The van der Waals surface area contributed by atoms with Crippen LogP contribution in [0.1, 0.15) is 98.8 Å². The van der Waals surface area contributed by atoms with Crippen LogP contribution in [0.25, 0.3) is 0 Å². The molecule has 1 unspecified atom stereocenters. The second-order valence-electron chi connectivity index (χ2n) is 6.93. The van der Waals surface area contributed by atoms with Crippen molar-refractivity contribution in [3.63, 3.8) is 0 Å². The highest BCUT2D eigenvalue weighted by Gasteiger charge is 2.49. The lowest BCUT2D eigenvalue weighted by Gasteiger charge is -2.35. The Labute approximate surface area is 175 Å². The fraction of sp³-hybridized carbons (Fsp3) is 0.952. The molecule has 0 spiro atoms. The maximum Gasteiger partial charge on any atom is 0.504 e. The fourth-order valence-electron chi connectivity index (χ4n) is 3.31. The first-order valence-corrected chi connectivity index (χ1v) is 13.4. The molecule has 0 aromatic rings. The maximum atomic E-state index is 6.17. The Morgan fingerprint density at radius 3 is 1.74 bits per heavy atom. The van der Waals surface area contributed by atoms with Gasteiger partial charge in [-0.2, -0.15) is 0 Å². The summed E-state index contributed by atoms with van der Waals surface area (Å²) in [6.45, 7) is 12.9. The Hall–Kier alpha value is -0.0131. The average molecular weight is 421 g/mol. The van der Waals surface area contributed by atoms with Crippen LogP contribution in [0.4, 0.5) is 0 Å². The Morgan fingerprint density at radius 1 is 0.741 bits per heavy atom. The molecule has 0 amide bonds. The summed E-state index contributed by atoms with van der Waals surface area (Å²) in [6, 6.07) is 0. The van der Waals surface area contributed by atoms with Gasteiger partial charge in [0, 0.05) is 31.8 Å². The number of rotatable bonds is 19. The lowest BCUT2D eigenvalue weighted by Crippen LogP contribution is -2.51. The van der Waals surface area contributed by atoms with E-state index in [9.17, 15) is 0 Å². The minimum absolute atomic E-state index is 0.178. The van der Waals surface area contributed by atoms with Gasteiger partial charge in [-0.15, -0.1) is 0 Å². The van der Waals surface area contributed by atoms with Crippen molar-refractivity contribution in [1.82, 2.24) is 0 Å². The summed E-state index contributed by atoms with van der Waals surface area (Å²) in [4.78, 5) is 0. The van der Waals surface area contributed by atoms with Gasteiger partial charge in [-0.1, -0.05) is 58.8 Å². The van der Waals surface area contributed by atoms with Crippen LogP contribution in [0.15, 0.2) is 0 Å². The van der Waals surface area contributed by atoms with Crippen LogP contribution >= 0.6 is 12.2 Å². The second kappa shape index (κ2) is 18.0. The molecule has 0 aromatic heterocycles. The summed E-state index contributed by atoms with van der Waals surface area (Å²) in [6.07, 6.45) is 11.7. The maximum absolute atomic E-state index is 6.17. The Morgan fingerprint density at radius 2 is 1.26 bits per heavy atom. The molecule has 0 aliphatic rings. The molecule has 0 bridgehead atoms. The molecular formula is C21H44O4SSi. The van der Waals surface area contributed by atoms with Gasteiger partial charge in [0.25, 0.3) is 0 Å². The average Bonchev–Trinajstić information content (AvgIpc) is 2.65. The molecular weight excluding hydrogens is 376 g/mol. The highest BCUT2D eigenvalue weighted by Crippen LogP contribution is 2.35. The van der Waals surface area contributed by atoms with Gasteiger partial charge in [-0.05, 0) is 45.8 Å². The standard InChI is InChI=1S/C21H44O4SSi/c1-6-11-12-13-14-15-16-17-20(19-21(26)22-18-7-2)27(23-8-3,24-9-4)25-10-5/h20H,6-19H2,1-5H3. The van der Waals surface area contributed by atoms with Crippen LogP contribution < -0.4 is 0 Å². The Kier molecular flexibility index (Phi) is 18.0. The minimum atomic E-state index is -2.78. The van der Waals surface area contributed by atoms with Crippen molar-refractivity contribution in [3.8, 4) is 0 Å². The predicted octanol–water partition coefficient (Wildman–Crippen LogP) is 6.69. The van der Waals surface area contributed by atoms with E-state index in [0.29, 0.717) is 37.9 Å². The second-order valence-corrected chi connectivity index (χ2v) is 10.3. The molecule has 0 saturated heterocycles. The van der Waals surface area contributed by atoms with E-state index >= 15 is 0 Å². The van der Waals surface area contributed by atoms with Crippen molar-refractivity contribution in [2.75, 3.05) is 26.4 Å². The van der Waals surface area contributed by atoms with E-state index in [-0.39, 0.29) is 5.54 Å². The highest BCUT2D eigenvalue weighted by molar-refractivity contribution is 7.80. The molecule has 0 N–H and O–H groups in total. The van der Waals surface area contributed by atoms with Gasteiger partial charge >= 0.3 is 8.80 Å². The van der Waals surface area contributed by atoms with Gasteiger partial charge in [0.05, 0.1) is 6.61 Å². The third kappa shape index (κ3) is 12.2. The fourth-order valence-corrected chi connectivity index (χ4v) is 6.90. The van der Waals surface area contributed by atoms with Crippen molar-refractivity contribution in [2.45, 2.75) is 104 Å². The van der Waals surface area contributed by atoms with E-state index in [2.05, 4.69) is 13.8 Å². The van der Waals surface area contributed by atoms with Gasteiger partial charge in [0.15, 0.2) is 5.05 Å². The van der Waals surface area contributed by atoms with Gasteiger partial charge in [0.1, 0.15) is 0 Å². The summed E-state index contributed by atoms with van der Waals surface area (Å²) in [5, 5.41) is 0.667. The molecule has 1 atom stereocenters. The molecule has 162 valence electrons. The van der Waals surface area contributed by atoms with Crippen LogP contribution in [0.2, 0.25) is 5.54 Å². The first-order chi connectivity index (χ1) is 13.1. The number of unbranched alkanes of at least 4 members (excludes halogenated alkanes) is 6. The summed E-state index contributed by atoms with van der Waals surface area (Å²) < 4.78 is 24.2. The lowest BCUT2D eigenvalue weighted by molar-refractivity contribution is 0.0594. The van der Waals surface area contributed by atoms with Gasteiger partial charge in [0.2, 0.25) is 0 Å². The molecule has 0 aromatic carbocycles. The van der Waals surface area contributed by atoms with Crippen LogP contribution in [0.5, 0.6) is 0 Å². The van der Waals surface area contributed by atoms with E-state index in [1.54, 1.807) is 0 Å². The minimum Gasteiger partial charge on any atom is -0.487 e. The van der Waals surface area contributed by atoms with Crippen molar-refractivity contribution in [1.29, 1.82) is 0 Å². The first-order valence-electron chi connectivity index (χ1n) is 11.2. The van der Waals surface area contributed by atoms with Gasteiger partial charge in [-0.25, -0.2) is 0 Å². The molecule has 0 fully saturated rings. The van der Waals surface area contributed by atoms with Crippen LogP contribution in [0.3, 0.4) is 0 Å². The van der Waals surface area contributed by atoms with Crippen molar-refractivity contribution >= 4 is 26.1 Å². The molecule has 0 radical (unpaired) electrons. The van der Waals surface area contributed by atoms with Crippen molar-refractivity contribution in [3.05, 3.63) is 0 Å². The summed E-state index contributed by atoms with van der Waals surface area (Å²) >= 11 is 5.50. The predicted molar refractivity (Wildman–Crippen MR) is 120 cm³/mol. The van der Waals surface area contributed by atoms with E-state index in [0.717, 1.165) is 19.3 Å². The molecule has 0 saturated carbocycles. The summed E-state index contributed by atoms with van der Waals surface area (Å²) in [5.41, 5.74) is 0.178. The quantitative estimate of drug-likeness (QED) is 0.132. The monoisotopic (exact) mass is 420 g/mol. The summed E-state index contributed by atoms with van der Waals surface area (Å²) in [7, 11) is -2.78. The van der Waals surface area contributed by atoms with E-state index < -0.39 is 8.80 Å². The Bertz CT molecular complexity index is 338. The largest absolute Gasteiger partial charge is 0.504 e. The smallest absolute Gasteiger partial charge is 0.487 e. The Balaban J connectivity index is 4.91. The van der Waals surface area contributed by atoms with E-state index in [4.69, 9.17) is 30.2 Å². The molecule has 4 nitrogen and oxygen atoms in total. The molecule has 0 aliphatic heterocycles. The molecule has 0 heterocycles. The van der Waals surface area contributed by atoms with Gasteiger partial charge in [-0.3, -0.25) is 0 Å². The molecule has 6 heteroatoms. The van der Waals surface area contributed by atoms with Crippen LogP contribution in [-0.4, -0.2) is 40.3 Å². The molecule has 0 aliphatic carbocycles. The van der Waals surface area contributed by atoms with Crippen molar-refractivity contribution in [2.24, 2.45) is 0 Å². The third-order valence-corrected chi connectivity index (χ3v) is 8.42. The number of hydrogen-bond acceptors (Lipinski definition) is 5. The van der Waals surface area contributed by atoms with E-state index in [1.807, 2.05) is 20.8 Å². The van der Waals surface area contributed by atoms with Gasteiger partial charge < -0.3 is 18.0 Å². The van der Waals surface area contributed by atoms with E-state index in [1.165, 1.54) is 38.5 Å². The van der Waals surface area contributed by atoms with Crippen molar-refractivity contribution < 1.29 is 18.0 Å². The van der Waals surface area contributed by atoms with Crippen LogP contribution in [-0.2, 0) is 18.0 Å².